The van der Waals surface area contributed by atoms with Crippen LogP contribution in [0.3, 0.4) is 0 Å². The number of carbonyl (C=O) groups excluding carboxylic acids is 1. The lowest BCUT2D eigenvalue weighted by Gasteiger charge is -2.26. The van der Waals surface area contributed by atoms with Gasteiger partial charge < -0.3 is 14.5 Å². The van der Waals surface area contributed by atoms with Gasteiger partial charge in [0.1, 0.15) is 10.8 Å². The van der Waals surface area contributed by atoms with Crippen LogP contribution in [0.4, 0.5) is 0 Å². The van der Waals surface area contributed by atoms with E-state index < -0.39 is 0 Å². The number of carbonyl (C=O) groups is 1. The standard InChI is InChI=1S/C24H33N3O2S/c1-3-6-23(28)27-15-12-21-22(17-27)30-24(25-21)19-8-10-20(11-9-19)29-16-5-14-26-13-4-7-18(26)2/h8-11,18H,3-7,12-17H2,1-2H3. The fourth-order valence-corrected chi connectivity index (χ4v) is 5.51. The molecule has 162 valence electrons. The van der Waals surface area contributed by atoms with Crippen molar-refractivity contribution in [2.75, 3.05) is 26.2 Å². The molecule has 1 saturated heterocycles. The van der Waals surface area contributed by atoms with Gasteiger partial charge in [0.2, 0.25) is 5.91 Å². The minimum Gasteiger partial charge on any atom is -0.494 e. The van der Waals surface area contributed by atoms with Crippen molar-refractivity contribution in [3.63, 3.8) is 0 Å². The molecule has 0 N–H and O–H groups in total. The molecule has 0 radical (unpaired) electrons. The Kier molecular flexibility index (Phi) is 7.05. The highest BCUT2D eigenvalue weighted by atomic mass is 32.1. The van der Waals surface area contributed by atoms with Crippen molar-refractivity contribution in [3.8, 4) is 16.3 Å². The maximum absolute atomic E-state index is 12.2. The predicted octanol–water partition coefficient (Wildman–Crippen LogP) is 4.75. The van der Waals surface area contributed by atoms with E-state index >= 15 is 0 Å². The van der Waals surface area contributed by atoms with E-state index in [4.69, 9.17) is 9.72 Å². The molecule has 0 saturated carbocycles. The van der Waals surface area contributed by atoms with Crippen LogP contribution in [0.15, 0.2) is 24.3 Å². The van der Waals surface area contributed by atoms with E-state index in [9.17, 15) is 4.79 Å². The van der Waals surface area contributed by atoms with Crippen molar-refractivity contribution < 1.29 is 9.53 Å². The number of amides is 1. The van der Waals surface area contributed by atoms with Crippen molar-refractivity contribution in [1.82, 2.24) is 14.8 Å². The third-order valence-electron chi connectivity index (χ3n) is 6.20. The number of aromatic nitrogens is 1. The predicted molar refractivity (Wildman–Crippen MR) is 122 cm³/mol. The number of benzene rings is 1. The quantitative estimate of drug-likeness (QED) is 0.571. The summed E-state index contributed by atoms with van der Waals surface area (Å²) in [4.78, 5) is 22.8. The van der Waals surface area contributed by atoms with E-state index in [1.807, 2.05) is 17.0 Å². The van der Waals surface area contributed by atoms with Gasteiger partial charge in [0.25, 0.3) is 0 Å². The molecule has 1 unspecified atom stereocenters. The average Bonchev–Trinajstić information content (AvgIpc) is 3.37. The van der Waals surface area contributed by atoms with Crippen LogP contribution in [-0.4, -0.2) is 53.0 Å². The summed E-state index contributed by atoms with van der Waals surface area (Å²) in [6.45, 7) is 9.00. The smallest absolute Gasteiger partial charge is 0.222 e. The van der Waals surface area contributed by atoms with Crippen LogP contribution in [0.1, 0.15) is 56.5 Å². The summed E-state index contributed by atoms with van der Waals surface area (Å²) in [6, 6.07) is 9.02. The molecule has 2 aliphatic rings. The summed E-state index contributed by atoms with van der Waals surface area (Å²) in [7, 11) is 0. The molecular formula is C24H33N3O2S. The van der Waals surface area contributed by atoms with E-state index in [-0.39, 0.29) is 5.91 Å². The number of hydrogen-bond acceptors (Lipinski definition) is 5. The molecule has 4 rings (SSSR count). The van der Waals surface area contributed by atoms with Gasteiger partial charge in [0.15, 0.2) is 0 Å². The van der Waals surface area contributed by atoms with Gasteiger partial charge in [-0.1, -0.05) is 6.92 Å². The first-order valence-electron chi connectivity index (χ1n) is 11.4. The first-order valence-corrected chi connectivity index (χ1v) is 12.2. The molecule has 0 bridgehead atoms. The second-order valence-corrected chi connectivity index (χ2v) is 9.54. The van der Waals surface area contributed by atoms with Crippen molar-refractivity contribution in [2.45, 2.75) is 65.0 Å². The van der Waals surface area contributed by atoms with Crippen LogP contribution in [-0.2, 0) is 17.8 Å². The molecule has 1 aromatic heterocycles. The Morgan fingerprint density at radius 3 is 2.83 bits per heavy atom. The van der Waals surface area contributed by atoms with Crippen molar-refractivity contribution in [1.29, 1.82) is 0 Å². The second-order valence-electron chi connectivity index (χ2n) is 8.46. The van der Waals surface area contributed by atoms with Gasteiger partial charge in [-0.2, -0.15) is 0 Å². The Bertz CT molecular complexity index is 849. The Labute approximate surface area is 184 Å². The molecule has 2 aromatic rings. The molecule has 2 aliphatic heterocycles. The normalized spacial score (nSPS) is 19.1. The molecule has 0 aliphatic carbocycles. The summed E-state index contributed by atoms with van der Waals surface area (Å²) in [5.41, 5.74) is 2.28. The molecule has 1 aromatic carbocycles. The van der Waals surface area contributed by atoms with Crippen LogP contribution >= 0.6 is 11.3 Å². The summed E-state index contributed by atoms with van der Waals surface area (Å²) < 4.78 is 5.95. The lowest BCUT2D eigenvalue weighted by Crippen LogP contribution is -2.35. The largest absolute Gasteiger partial charge is 0.494 e. The van der Waals surface area contributed by atoms with Gasteiger partial charge in [-0.05, 0) is 63.4 Å². The summed E-state index contributed by atoms with van der Waals surface area (Å²) in [6.07, 6.45) is 6.13. The molecule has 3 heterocycles. The molecule has 0 spiro atoms. The number of fused-ring (bicyclic) bond motifs is 1. The Balaban J connectivity index is 1.30. The monoisotopic (exact) mass is 427 g/mol. The molecule has 1 amide bonds. The first-order chi connectivity index (χ1) is 14.6. The summed E-state index contributed by atoms with van der Waals surface area (Å²) in [5.74, 6) is 1.18. The zero-order valence-corrected chi connectivity index (χ0v) is 19.0. The third kappa shape index (κ3) is 5.03. The third-order valence-corrected chi connectivity index (χ3v) is 7.33. The van der Waals surface area contributed by atoms with Gasteiger partial charge in [-0.3, -0.25) is 4.79 Å². The van der Waals surface area contributed by atoms with Gasteiger partial charge >= 0.3 is 0 Å². The zero-order chi connectivity index (χ0) is 20.9. The highest BCUT2D eigenvalue weighted by Gasteiger charge is 2.24. The number of likely N-dealkylation sites (tertiary alicyclic amines) is 1. The van der Waals surface area contributed by atoms with Gasteiger partial charge in [0.05, 0.1) is 18.8 Å². The van der Waals surface area contributed by atoms with E-state index in [0.29, 0.717) is 13.0 Å². The molecular weight excluding hydrogens is 394 g/mol. The van der Waals surface area contributed by atoms with Gasteiger partial charge in [0, 0.05) is 42.4 Å². The number of hydrogen-bond donors (Lipinski definition) is 0. The fraction of sp³-hybridized carbons (Fsp3) is 0.583. The van der Waals surface area contributed by atoms with Crippen molar-refractivity contribution in [2.24, 2.45) is 0 Å². The number of nitrogens with zero attached hydrogens (tertiary/aromatic N) is 3. The van der Waals surface area contributed by atoms with Crippen LogP contribution < -0.4 is 4.74 Å². The molecule has 5 nitrogen and oxygen atoms in total. The van der Waals surface area contributed by atoms with Crippen LogP contribution in [0, 0.1) is 0 Å². The number of ether oxygens (including phenoxy) is 1. The topological polar surface area (TPSA) is 45.7 Å². The minimum atomic E-state index is 0.263. The van der Waals surface area contributed by atoms with E-state index in [2.05, 4.69) is 30.9 Å². The first kappa shape index (κ1) is 21.3. The SMILES string of the molecule is CCCC(=O)N1CCc2nc(-c3ccc(OCCCN4CCCC4C)cc3)sc2C1. The molecule has 1 atom stereocenters. The van der Waals surface area contributed by atoms with Gasteiger partial charge in [-0.15, -0.1) is 11.3 Å². The molecule has 1 fully saturated rings. The summed E-state index contributed by atoms with van der Waals surface area (Å²) >= 11 is 1.72. The van der Waals surface area contributed by atoms with Crippen molar-refractivity contribution in [3.05, 3.63) is 34.8 Å². The second kappa shape index (κ2) is 9.92. The number of thiazole rings is 1. The van der Waals surface area contributed by atoms with Crippen LogP contribution in [0.2, 0.25) is 0 Å². The zero-order valence-electron chi connectivity index (χ0n) is 18.2. The highest BCUT2D eigenvalue weighted by Crippen LogP contribution is 2.32. The average molecular weight is 428 g/mol. The van der Waals surface area contributed by atoms with Crippen LogP contribution in [0.5, 0.6) is 5.75 Å². The summed E-state index contributed by atoms with van der Waals surface area (Å²) in [5, 5.41) is 1.04. The molecule has 30 heavy (non-hydrogen) atoms. The van der Waals surface area contributed by atoms with Gasteiger partial charge in [-0.25, -0.2) is 4.98 Å². The molecule has 6 heteroatoms. The maximum Gasteiger partial charge on any atom is 0.222 e. The minimum absolute atomic E-state index is 0.263. The van der Waals surface area contributed by atoms with Crippen molar-refractivity contribution >= 4 is 17.2 Å². The maximum atomic E-state index is 12.2. The van der Waals surface area contributed by atoms with Crippen LogP contribution in [0.25, 0.3) is 10.6 Å². The van der Waals surface area contributed by atoms with E-state index in [1.54, 1.807) is 11.3 Å². The lowest BCUT2D eigenvalue weighted by atomic mass is 10.1. The lowest BCUT2D eigenvalue weighted by molar-refractivity contribution is -0.132. The Morgan fingerprint density at radius 2 is 2.10 bits per heavy atom. The Morgan fingerprint density at radius 1 is 1.27 bits per heavy atom. The van der Waals surface area contributed by atoms with E-state index in [1.165, 1.54) is 24.3 Å². The number of rotatable bonds is 8. The van der Waals surface area contributed by atoms with E-state index in [0.717, 1.165) is 67.0 Å². The fourth-order valence-electron chi connectivity index (χ4n) is 4.38. The Hall–Kier alpha value is -1.92. The highest BCUT2D eigenvalue weighted by molar-refractivity contribution is 7.15.